The van der Waals surface area contributed by atoms with Crippen molar-refractivity contribution in [2.75, 3.05) is 33.7 Å². The molecule has 2 rings (SSSR count). The van der Waals surface area contributed by atoms with Crippen LogP contribution in [0.4, 0.5) is 0 Å². The minimum absolute atomic E-state index is 0.0161. The SMILES string of the molecule is CNCc1csc(S(=O)(=O)N2CCCN(C)CC2C)c1. The minimum atomic E-state index is -3.36. The Morgan fingerprint density at radius 3 is 2.90 bits per heavy atom. The maximum absolute atomic E-state index is 12.8. The van der Waals surface area contributed by atoms with Crippen LogP contribution in [0.25, 0.3) is 0 Å². The fraction of sp³-hybridized carbons (Fsp3) is 0.692. The molecule has 0 radical (unpaired) electrons. The molecule has 114 valence electrons. The van der Waals surface area contributed by atoms with Crippen LogP contribution in [0.3, 0.4) is 0 Å². The monoisotopic (exact) mass is 317 g/mol. The van der Waals surface area contributed by atoms with Crippen molar-refractivity contribution in [1.29, 1.82) is 0 Å². The van der Waals surface area contributed by atoms with E-state index >= 15 is 0 Å². The average molecular weight is 317 g/mol. The van der Waals surface area contributed by atoms with Gasteiger partial charge in [-0.25, -0.2) is 8.42 Å². The lowest BCUT2D eigenvalue weighted by molar-refractivity contribution is 0.291. The molecule has 1 atom stereocenters. The summed E-state index contributed by atoms with van der Waals surface area (Å²) < 4.78 is 27.7. The Hall–Kier alpha value is -0.470. The number of rotatable bonds is 4. The van der Waals surface area contributed by atoms with Gasteiger partial charge < -0.3 is 10.2 Å². The lowest BCUT2D eigenvalue weighted by Gasteiger charge is -2.26. The molecule has 0 spiro atoms. The van der Waals surface area contributed by atoms with E-state index in [1.54, 1.807) is 10.4 Å². The van der Waals surface area contributed by atoms with Crippen LogP contribution in [0.2, 0.25) is 0 Å². The summed E-state index contributed by atoms with van der Waals surface area (Å²) in [5.74, 6) is 0. The van der Waals surface area contributed by atoms with Crippen molar-refractivity contribution < 1.29 is 8.42 Å². The molecular weight excluding hydrogens is 294 g/mol. The highest BCUT2D eigenvalue weighted by atomic mass is 32.2. The minimum Gasteiger partial charge on any atom is -0.316 e. The number of nitrogens with zero attached hydrogens (tertiary/aromatic N) is 2. The molecule has 1 aromatic heterocycles. The fourth-order valence-corrected chi connectivity index (χ4v) is 5.61. The van der Waals surface area contributed by atoms with E-state index in [-0.39, 0.29) is 6.04 Å². The van der Waals surface area contributed by atoms with Gasteiger partial charge >= 0.3 is 0 Å². The Morgan fingerprint density at radius 1 is 1.45 bits per heavy atom. The highest BCUT2D eigenvalue weighted by Crippen LogP contribution is 2.26. The van der Waals surface area contributed by atoms with Crippen molar-refractivity contribution in [2.24, 2.45) is 0 Å². The van der Waals surface area contributed by atoms with E-state index in [1.165, 1.54) is 11.3 Å². The van der Waals surface area contributed by atoms with Gasteiger partial charge in [0, 0.05) is 25.7 Å². The van der Waals surface area contributed by atoms with Gasteiger partial charge in [-0.3, -0.25) is 0 Å². The summed E-state index contributed by atoms with van der Waals surface area (Å²) in [5, 5.41) is 4.96. The van der Waals surface area contributed by atoms with E-state index in [0.717, 1.165) is 25.1 Å². The van der Waals surface area contributed by atoms with Gasteiger partial charge in [0.05, 0.1) is 0 Å². The second-order valence-corrected chi connectivity index (χ2v) is 8.41. The molecule has 1 N–H and O–H groups in total. The van der Waals surface area contributed by atoms with Crippen LogP contribution in [0.1, 0.15) is 18.9 Å². The molecule has 1 fully saturated rings. The second kappa shape index (κ2) is 6.53. The molecule has 1 aliphatic heterocycles. The molecule has 0 bridgehead atoms. The van der Waals surface area contributed by atoms with Crippen LogP contribution in [0.15, 0.2) is 15.7 Å². The largest absolute Gasteiger partial charge is 0.316 e. The first-order chi connectivity index (χ1) is 9.45. The summed E-state index contributed by atoms with van der Waals surface area (Å²) in [7, 11) is 0.546. The first kappa shape index (κ1) is 15.9. The Balaban J connectivity index is 2.23. The number of likely N-dealkylation sites (N-methyl/N-ethyl adjacent to an activating group) is 1. The quantitative estimate of drug-likeness (QED) is 0.906. The standard InChI is InChI=1S/C13H23N3O2S2/c1-11-9-15(3)5-4-6-16(11)20(17,18)13-7-12(8-14-2)10-19-13/h7,10-11,14H,4-6,8-9H2,1-3H3. The van der Waals surface area contributed by atoms with Crippen LogP contribution in [0, 0.1) is 0 Å². The molecule has 0 aromatic carbocycles. The third-order valence-corrected chi connectivity index (χ3v) is 7.04. The highest BCUT2D eigenvalue weighted by molar-refractivity contribution is 7.91. The maximum Gasteiger partial charge on any atom is 0.252 e. The molecule has 1 unspecified atom stereocenters. The molecular formula is C13H23N3O2S2. The van der Waals surface area contributed by atoms with Crippen molar-refractivity contribution >= 4 is 21.4 Å². The first-order valence-corrected chi connectivity index (χ1v) is 9.19. The fourth-order valence-electron chi connectivity index (χ4n) is 2.61. The first-order valence-electron chi connectivity index (χ1n) is 6.87. The van der Waals surface area contributed by atoms with E-state index in [1.807, 2.05) is 26.4 Å². The maximum atomic E-state index is 12.8. The Morgan fingerprint density at radius 2 is 2.20 bits per heavy atom. The predicted molar refractivity (Wildman–Crippen MR) is 82.6 cm³/mol. The third-order valence-electron chi connectivity index (χ3n) is 3.56. The molecule has 0 amide bonds. The van der Waals surface area contributed by atoms with Gasteiger partial charge in [0.15, 0.2) is 0 Å². The zero-order valence-corrected chi connectivity index (χ0v) is 13.9. The Kier molecular flexibility index (Phi) is 5.19. The molecule has 7 heteroatoms. The summed E-state index contributed by atoms with van der Waals surface area (Å²) in [6, 6.07) is 1.81. The second-order valence-electron chi connectivity index (χ2n) is 5.38. The summed E-state index contributed by atoms with van der Waals surface area (Å²) in [4.78, 5) is 2.20. The Labute approximate surface area is 125 Å². The van der Waals surface area contributed by atoms with Crippen molar-refractivity contribution in [3.8, 4) is 0 Å². The van der Waals surface area contributed by atoms with Gasteiger partial charge in [0.1, 0.15) is 4.21 Å². The van der Waals surface area contributed by atoms with Gasteiger partial charge in [-0.05, 0) is 51.0 Å². The van der Waals surface area contributed by atoms with Gasteiger partial charge in [0.25, 0.3) is 10.0 Å². The van der Waals surface area contributed by atoms with E-state index in [9.17, 15) is 8.42 Å². The molecule has 1 aromatic rings. The smallest absolute Gasteiger partial charge is 0.252 e. The molecule has 20 heavy (non-hydrogen) atoms. The van der Waals surface area contributed by atoms with Crippen LogP contribution in [0.5, 0.6) is 0 Å². The summed E-state index contributed by atoms with van der Waals surface area (Å²) >= 11 is 1.32. The molecule has 5 nitrogen and oxygen atoms in total. The van der Waals surface area contributed by atoms with Crippen LogP contribution >= 0.6 is 11.3 Å². The molecule has 2 heterocycles. The van der Waals surface area contributed by atoms with Crippen molar-refractivity contribution in [3.63, 3.8) is 0 Å². The summed E-state index contributed by atoms with van der Waals surface area (Å²) in [5.41, 5.74) is 1.02. The Bertz CT molecular complexity index is 542. The number of thiophene rings is 1. The van der Waals surface area contributed by atoms with Crippen molar-refractivity contribution in [2.45, 2.75) is 30.1 Å². The molecule has 1 aliphatic rings. The van der Waals surface area contributed by atoms with Gasteiger partial charge in [-0.2, -0.15) is 4.31 Å². The third kappa shape index (κ3) is 3.40. The van der Waals surface area contributed by atoms with E-state index in [0.29, 0.717) is 17.3 Å². The topological polar surface area (TPSA) is 52.7 Å². The lowest BCUT2D eigenvalue weighted by Crippen LogP contribution is -2.41. The van der Waals surface area contributed by atoms with Crippen LogP contribution < -0.4 is 5.32 Å². The van der Waals surface area contributed by atoms with Crippen molar-refractivity contribution in [1.82, 2.24) is 14.5 Å². The van der Waals surface area contributed by atoms with Crippen LogP contribution in [-0.4, -0.2) is 57.4 Å². The normalized spacial score (nSPS) is 22.9. The highest BCUT2D eigenvalue weighted by Gasteiger charge is 2.32. The zero-order valence-electron chi connectivity index (χ0n) is 12.3. The van der Waals surface area contributed by atoms with E-state index in [4.69, 9.17) is 0 Å². The van der Waals surface area contributed by atoms with E-state index in [2.05, 4.69) is 10.2 Å². The lowest BCUT2D eigenvalue weighted by atomic mass is 10.3. The summed E-state index contributed by atoms with van der Waals surface area (Å²) in [6.45, 7) is 5.03. The number of sulfonamides is 1. The average Bonchev–Trinajstić information content (AvgIpc) is 2.76. The van der Waals surface area contributed by atoms with Gasteiger partial charge in [-0.1, -0.05) is 0 Å². The van der Waals surface area contributed by atoms with E-state index < -0.39 is 10.0 Å². The molecule has 1 saturated heterocycles. The number of hydrogen-bond acceptors (Lipinski definition) is 5. The van der Waals surface area contributed by atoms with Gasteiger partial charge in [-0.15, -0.1) is 11.3 Å². The molecule has 0 aliphatic carbocycles. The van der Waals surface area contributed by atoms with Crippen molar-refractivity contribution in [3.05, 3.63) is 17.0 Å². The van der Waals surface area contributed by atoms with Gasteiger partial charge in [0.2, 0.25) is 0 Å². The predicted octanol–water partition coefficient (Wildman–Crippen LogP) is 1.18. The van der Waals surface area contributed by atoms with Crippen LogP contribution in [-0.2, 0) is 16.6 Å². The number of hydrogen-bond donors (Lipinski definition) is 1. The molecule has 0 saturated carbocycles. The summed E-state index contributed by atoms with van der Waals surface area (Å²) in [6.07, 6.45) is 0.884. The number of nitrogens with one attached hydrogen (secondary N) is 1. The zero-order chi connectivity index (χ0) is 14.8.